The molecule has 4 nitrogen and oxygen atoms in total. The maximum absolute atomic E-state index is 12.5. The van der Waals surface area contributed by atoms with Crippen molar-refractivity contribution in [2.45, 2.75) is 32.9 Å². The summed E-state index contributed by atoms with van der Waals surface area (Å²) in [6, 6.07) is 8.25. The van der Waals surface area contributed by atoms with E-state index in [1.165, 1.54) is 0 Å². The molecule has 3 rings (SSSR count). The number of benzene rings is 1. The molecule has 0 saturated heterocycles. The predicted molar refractivity (Wildman–Crippen MR) is 77.5 cm³/mol. The Morgan fingerprint density at radius 2 is 2.10 bits per heavy atom. The van der Waals surface area contributed by atoms with Crippen LogP contribution < -0.4 is 0 Å². The van der Waals surface area contributed by atoms with Gasteiger partial charge < -0.3 is 9.47 Å². The number of carbonyl (C=O) groups excluding carboxylic acids is 1. The molecular weight excluding hydrogens is 250 g/mol. The molecule has 2 aromatic rings. The van der Waals surface area contributed by atoms with Gasteiger partial charge in [-0.05, 0) is 31.9 Å². The molecule has 1 aromatic heterocycles. The number of fused-ring (bicyclic) bond motifs is 1. The van der Waals surface area contributed by atoms with E-state index in [0.717, 1.165) is 29.8 Å². The minimum absolute atomic E-state index is 0.128. The summed E-state index contributed by atoms with van der Waals surface area (Å²) in [6.45, 7) is 5.65. The van der Waals surface area contributed by atoms with Crippen molar-refractivity contribution in [2.75, 3.05) is 6.54 Å². The number of hydrogen-bond donors (Lipinski definition) is 0. The van der Waals surface area contributed by atoms with Crippen molar-refractivity contribution < 1.29 is 4.79 Å². The smallest absolute Gasteiger partial charge is 0.254 e. The van der Waals surface area contributed by atoms with Crippen LogP contribution in [0.4, 0.5) is 0 Å². The number of hydrogen-bond acceptors (Lipinski definition) is 2. The minimum Gasteiger partial charge on any atom is -0.332 e. The summed E-state index contributed by atoms with van der Waals surface area (Å²) < 4.78 is 2.12. The Hall–Kier alpha value is -2.10. The fourth-order valence-electron chi connectivity index (χ4n) is 2.74. The van der Waals surface area contributed by atoms with E-state index in [1.807, 2.05) is 41.7 Å². The average Bonchev–Trinajstić information content (AvgIpc) is 2.91. The Kier molecular flexibility index (Phi) is 3.30. The van der Waals surface area contributed by atoms with Crippen molar-refractivity contribution in [3.8, 4) is 0 Å². The van der Waals surface area contributed by atoms with E-state index in [9.17, 15) is 4.79 Å². The van der Waals surface area contributed by atoms with Crippen molar-refractivity contribution in [1.82, 2.24) is 14.5 Å². The lowest BCUT2D eigenvalue weighted by molar-refractivity contribution is 0.0722. The van der Waals surface area contributed by atoms with Crippen LogP contribution in [0.25, 0.3) is 0 Å². The molecular formula is C16H19N3O. The third kappa shape index (κ3) is 2.22. The van der Waals surface area contributed by atoms with E-state index in [4.69, 9.17) is 0 Å². The van der Waals surface area contributed by atoms with Crippen molar-refractivity contribution >= 4 is 5.91 Å². The SMILES string of the molecule is CC(C)n1cncc1CN1CCc2ccccc2C1=O. The normalized spacial score (nSPS) is 14.8. The van der Waals surface area contributed by atoms with Gasteiger partial charge in [0.05, 0.1) is 18.6 Å². The van der Waals surface area contributed by atoms with Crippen LogP contribution in [0.5, 0.6) is 0 Å². The minimum atomic E-state index is 0.128. The third-order valence-corrected chi connectivity index (χ3v) is 3.84. The highest BCUT2D eigenvalue weighted by molar-refractivity contribution is 5.96. The number of aromatic nitrogens is 2. The summed E-state index contributed by atoms with van der Waals surface area (Å²) in [7, 11) is 0. The predicted octanol–water partition coefficient (Wildman–Crippen LogP) is 2.66. The maximum Gasteiger partial charge on any atom is 0.254 e. The van der Waals surface area contributed by atoms with Gasteiger partial charge in [0, 0.05) is 24.3 Å². The lowest BCUT2D eigenvalue weighted by Gasteiger charge is -2.29. The highest BCUT2D eigenvalue weighted by atomic mass is 16.2. The summed E-state index contributed by atoms with van der Waals surface area (Å²) >= 11 is 0. The van der Waals surface area contributed by atoms with Gasteiger partial charge in [-0.1, -0.05) is 18.2 Å². The molecule has 0 bridgehead atoms. The highest BCUT2D eigenvalue weighted by Gasteiger charge is 2.24. The molecule has 2 heterocycles. The van der Waals surface area contributed by atoms with Crippen LogP contribution in [0.2, 0.25) is 0 Å². The van der Waals surface area contributed by atoms with E-state index >= 15 is 0 Å². The molecule has 4 heteroatoms. The fourth-order valence-corrected chi connectivity index (χ4v) is 2.74. The Labute approximate surface area is 119 Å². The number of rotatable bonds is 3. The summed E-state index contributed by atoms with van der Waals surface area (Å²) in [6.07, 6.45) is 4.62. The number of imidazole rings is 1. The van der Waals surface area contributed by atoms with Gasteiger partial charge in [0.25, 0.3) is 5.91 Å². The summed E-state index contributed by atoms with van der Waals surface area (Å²) in [4.78, 5) is 18.6. The van der Waals surface area contributed by atoms with Gasteiger partial charge in [0.1, 0.15) is 0 Å². The van der Waals surface area contributed by atoms with Crippen molar-refractivity contribution in [3.63, 3.8) is 0 Å². The summed E-state index contributed by atoms with van der Waals surface area (Å²) in [5.41, 5.74) is 3.09. The van der Waals surface area contributed by atoms with Crippen molar-refractivity contribution in [1.29, 1.82) is 0 Å². The molecule has 20 heavy (non-hydrogen) atoms. The van der Waals surface area contributed by atoms with Gasteiger partial charge >= 0.3 is 0 Å². The first kappa shape index (κ1) is 12.9. The van der Waals surface area contributed by atoms with E-state index in [-0.39, 0.29) is 5.91 Å². The van der Waals surface area contributed by atoms with Gasteiger partial charge in [0.15, 0.2) is 0 Å². The Morgan fingerprint density at radius 1 is 1.30 bits per heavy atom. The number of carbonyl (C=O) groups is 1. The van der Waals surface area contributed by atoms with Gasteiger partial charge in [-0.25, -0.2) is 4.98 Å². The first-order valence-electron chi connectivity index (χ1n) is 7.04. The first-order valence-corrected chi connectivity index (χ1v) is 7.04. The zero-order valence-electron chi connectivity index (χ0n) is 11.9. The van der Waals surface area contributed by atoms with Crippen LogP contribution in [0.3, 0.4) is 0 Å². The molecule has 104 valence electrons. The van der Waals surface area contributed by atoms with Crippen molar-refractivity contribution in [3.05, 3.63) is 53.6 Å². The molecule has 0 fully saturated rings. The monoisotopic (exact) mass is 269 g/mol. The summed E-state index contributed by atoms with van der Waals surface area (Å²) in [5.74, 6) is 0.128. The highest BCUT2D eigenvalue weighted by Crippen LogP contribution is 2.21. The van der Waals surface area contributed by atoms with Crippen LogP contribution in [0.15, 0.2) is 36.8 Å². The molecule has 0 spiro atoms. The lowest BCUT2D eigenvalue weighted by atomic mass is 9.99. The fraction of sp³-hybridized carbons (Fsp3) is 0.375. The Balaban J connectivity index is 1.83. The van der Waals surface area contributed by atoms with E-state index in [1.54, 1.807) is 0 Å². The standard InChI is InChI=1S/C16H19N3O/c1-12(2)19-11-17-9-14(19)10-18-8-7-13-5-3-4-6-15(13)16(18)20/h3-6,9,11-12H,7-8,10H2,1-2H3. The third-order valence-electron chi connectivity index (χ3n) is 3.84. The number of amides is 1. The van der Waals surface area contributed by atoms with Gasteiger partial charge in [0.2, 0.25) is 0 Å². The lowest BCUT2D eigenvalue weighted by Crippen LogP contribution is -2.37. The molecule has 0 saturated carbocycles. The second-order valence-corrected chi connectivity index (χ2v) is 5.52. The Bertz CT molecular complexity index is 630. The topological polar surface area (TPSA) is 38.1 Å². The van der Waals surface area contributed by atoms with Crippen LogP contribution in [-0.4, -0.2) is 26.9 Å². The molecule has 0 N–H and O–H groups in total. The van der Waals surface area contributed by atoms with Gasteiger partial charge in [-0.2, -0.15) is 0 Å². The zero-order chi connectivity index (χ0) is 14.1. The van der Waals surface area contributed by atoms with Gasteiger partial charge in [-0.3, -0.25) is 4.79 Å². The molecule has 0 unspecified atom stereocenters. The molecule has 0 atom stereocenters. The van der Waals surface area contributed by atoms with Crippen LogP contribution in [0.1, 0.15) is 41.5 Å². The largest absolute Gasteiger partial charge is 0.332 e. The molecule has 1 amide bonds. The average molecular weight is 269 g/mol. The van der Waals surface area contributed by atoms with Crippen LogP contribution in [-0.2, 0) is 13.0 Å². The van der Waals surface area contributed by atoms with Gasteiger partial charge in [-0.15, -0.1) is 0 Å². The van der Waals surface area contributed by atoms with Crippen molar-refractivity contribution in [2.24, 2.45) is 0 Å². The second-order valence-electron chi connectivity index (χ2n) is 5.52. The molecule has 0 aliphatic carbocycles. The number of nitrogens with zero attached hydrogens (tertiary/aromatic N) is 3. The van der Waals surface area contributed by atoms with E-state index in [2.05, 4.69) is 23.4 Å². The summed E-state index contributed by atoms with van der Waals surface area (Å²) in [5, 5.41) is 0. The molecule has 0 radical (unpaired) electrons. The maximum atomic E-state index is 12.5. The molecule has 1 aliphatic rings. The van der Waals surface area contributed by atoms with E-state index < -0.39 is 0 Å². The van der Waals surface area contributed by atoms with E-state index in [0.29, 0.717) is 12.6 Å². The Morgan fingerprint density at radius 3 is 2.90 bits per heavy atom. The van der Waals surface area contributed by atoms with Crippen LogP contribution in [0, 0.1) is 0 Å². The first-order chi connectivity index (χ1) is 9.66. The zero-order valence-corrected chi connectivity index (χ0v) is 11.9. The molecule has 1 aliphatic heterocycles. The second kappa shape index (κ2) is 5.12. The molecule has 1 aromatic carbocycles. The quantitative estimate of drug-likeness (QED) is 0.859. The van der Waals surface area contributed by atoms with Crippen LogP contribution >= 0.6 is 0 Å².